The fraction of sp³-hybridized carbons (Fsp3) is 0.850. The number of aliphatic hydroxyl groups is 1. The van der Waals surface area contributed by atoms with E-state index < -0.39 is 66.2 Å². The van der Waals surface area contributed by atoms with Crippen molar-refractivity contribution < 1.29 is 66.3 Å². The third-order valence-corrected chi connectivity index (χ3v) is 10.7. The van der Waals surface area contributed by atoms with Crippen LogP contribution in [0.3, 0.4) is 0 Å². The molecule has 1 saturated heterocycles. The maximum atomic E-state index is 12.6. The molecule has 0 aromatic rings. The summed E-state index contributed by atoms with van der Waals surface area (Å²) in [6, 6.07) is 0. The third-order valence-electron chi connectivity index (χ3n) is 9.23. The highest BCUT2D eigenvalue weighted by atomic mass is 31.2. The smallest absolute Gasteiger partial charge is 0.462 e. The molecule has 5 atom stereocenters. The molecule has 1 fully saturated rings. The van der Waals surface area contributed by atoms with E-state index in [9.17, 15) is 28.7 Å². The number of hydrogen-bond donors (Lipinski definition) is 4. The fourth-order valence-electron chi connectivity index (χ4n) is 5.88. The molecule has 328 valence electrons. The quantitative estimate of drug-likeness (QED) is 0.0150. The molecule has 3 unspecified atom stereocenters. The lowest BCUT2D eigenvalue weighted by Gasteiger charge is -2.20. The van der Waals surface area contributed by atoms with Gasteiger partial charge in [-0.1, -0.05) is 115 Å². The second-order valence-electron chi connectivity index (χ2n) is 14.6. The van der Waals surface area contributed by atoms with Crippen LogP contribution in [0, 0.1) is 0 Å². The molecule has 0 aliphatic carbocycles. The van der Waals surface area contributed by atoms with E-state index in [-0.39, 0.29) is 12.8 Å². The Hall–Kier alpha value is -1.44. The number of ether oxygens (including phenoxy) is 3. The number of carbonyl (C=O) groups is 2. The van der Waals surface area contributed by atoms with Gasteiger partial charge in [-0.05, 0) is 64.2 Å². The first kappa shape index (κ1) is 52.6. The average Bonchev–Trinajstić information content (AvgIpc) is 3.91. The molecular formula is C40H74O14P2. The summed E-state index contributed by atoms with van der Waals surface area (Å²) < 4.78 is 53.5. The predicted molar refractivity (Wildman–Crippen MR) is 216 cm³/mol. The van der Waals surface area contributed by atoms with Gasteiger partial charge in [0, 0.05) is 12.8 Å². The lowest BCUT2D eigenvalue weighted by atomic mass is 10.1. The van der Waals surface area contributed by atoms with Crippen LogP contribution in [0.25, 0.3) is 0 Å². The summed E-state index contributed by atoms with van der Waals surface area (Å²) in [4.78, 5) is 52.6. The molecule has 0 aromatic carbocycles. The Morgan fingerprint density at radius 2 is 1.11 bits per heavy atom. The van der Waals surface area contributed by atoms with E-state index in [1.54, 1.807) is 0 Å². The van der Waals surface area contributed by atoms with Gasteiger partial charge in [0.25, 0.3) is 0 Å². The van der Waals surface area contributed by atoms with Crippen molar-refractivity contribution >= 4 is 27.6 Å². The minimum absolute atomic E-state index is 0.116. The third kappa shape index (κ3) is 33.5. The van der Waals surface area contributed by atoms with Crippen LogP contribution in [0.4, 0.5) is 0 Å². The Labute approximate surface area is 336 Å². The first-order chi connectivity index (χ1) is 26.8. The van der Waals surface area contributed by atoms with E-state index in [0.717, 1.165) is 83.5 Å². The van der Waals surface area contributed by atoms with Gasteiger partial charge in [0.15, 0.2) is 6.10 Å². The summed E-state index contributed by atoms with van der Waals surface area (Å²) in [6.45, 7) is 1.68. The van der Waals surface area contributed by atoms with Gasteiger partial charge >= 0.3 is 27.6 Å². The number of phosphoric ester groups is 2. The van der Waals surface area contributed by atoms with Crippen molar-refractivity contribution in [2.45, 2.75) is 192 Å². The molecular weight excluding hydrogens is 766 g/mol. The van der Waals surface area contributed by atoms with Crippen LogP contribution >= 0.6 is 15.6 Å². The number of esters is 2. The second-order valence-corrected chi connectivity index (χ2v) is 17.3. The Morgan fingerprint density at radius 3 is 1.75 bits per heavy atom. The number of rotatable bonds is 39. The molecule has 0 saturated carbocycles. The Balaban J connectivity index is 2.38. The van der Waals surface area contributed by atoms with Crippen molar-refractivity contribution in [2.24, 2.45) is 0 Å². The van der Waals surface area contributed by atoms with Gasteiger partial charge in [-0.25, -0.2) is 9.13 Å². The molecule has 1 aliphatic heterocycles. The normalized spacial score (nSPS) is 18.0. The van der Waals surface area contributed by atoms with E-state index in [0.29, 0.717) is 25.0 Å². The minimum atomic E-state index is -4.86. The van der Waals surface area contributed by atoms with E-state index in [4.69, 9.17) is 28.5 Å². The summed E-state index contributed by atoms with van der Waals surface area (Å²) in [5.41, 5.74) is 0. The number of allylic oxidation sites excluding steroid dienone is 3. The zero-order chi connectivity index (χ0) is 41.3. The molecule has 1 rings (SSSR count). The SMILES string of the molecule is CCCCC/C=C\CC1OC1CCCCCCCC(=O)OC[C@H](COP(=O)(O)OC[C@@H](O)COP(=O)(O)O)OC(=O)CCCCCCC/C=C\CCCCCC. The molecule has 1 aliphatic rings. The number of carbonyl (C=O) groups excluding carboxylic acids is 2. The zero-order valence-electron chi connectivity index (χ0n) is 34.2. The molecule has 0 amide bonds. The molecule has 14 nitrogen and oxygen atoms in total. The highest BCUT2D eigenvalue weighted by Crippen LogP contribution is 2.44. The van der Waals surface area contributed by atoms with Crippen molar-refractivity contribution in [1.82, 2.24) is 0 Å². The number of unbranched alkanes of at least 4 members (excludes halogenated alkanes) is 16. The molecule has 4 N–H and O–H groups in total. The first-order valence-electron chi connectivity index (χ1n) is 21.2. The monoisotopic (exact) mass is 840 g/mol. The van der Waals surface area contributed by atoms with Crippen LogP contribution in [-0.4, -0.2) is 82.6 Å². The number of epoxide rings is 1. The Bertz CT molecular complexity index is 1160. The summed E-state index contributed by atoms with van der Waals surface area (Å²) >= 11 is 0. The van der Waals surface area contributed by atoms with E-state index >= 15 is 0 Å². The molecule has 0 spiro atoms. The summed E-state index contributed by atoms with van der Waals surface area (Å²) in [6.07, 6.45) is 30.5. The van der Waals surface area contributed by atoms with Gasteiger partial charge in [0.05, 0.1) is 32.0 Å². The van der Waals surface area contributed by atoms with Gasteiger partial charge in [0.1, 0.15) is 12.7 Å². The van der Waals surface area contributed by atoms with E-state index in [1.165, 1.54) is 44.9 Å². The van der Waals surface area contributed by atoms with Crippen LogP contribution in [-0.2, 0) is 46.5 Å². The van der Waals surface area contributed by atoms with Gasteiger partial charge < -0.3 is 34.0 Å². The fourth-order valence-corrected chi connectivity index (χ4v) is 7.03. The van der Waals surface area contributed by atoms with Gasteiger partial charge in [-0.15, -0.1) is 0 Å². The van der Waals surface area contributed by atoms with Crippen LogP contribution < -0.4 is 0 Å². The molecule has 56 heavy (non-hydrogen) atoms. The maximum Gasteiger partial charge on any atom is 0.472 e. The van der Waals surface area contributed by atoms with Crippen molar-refractivity contribution in [3.05, 3.63) is 24.3 Å². The second kappa shape index (κ2) is 33.4. The topological polar surface area (TPSA) is 208 Å². The molecule has 16 heteroatoms. The van der Waals surface area contributed by atoms with Crippen molar-refractivity contribution in [2.75, 3.05) is 26.4 Å². The summed E-state index contributed by atoms with van der Waals surface area (Å²) in [7, 11) is -9.67. The zero-order valence-corrected chi connectivity index (χ0v) is 36.0. The van der Waals surface area contributed by atoms with Crippen LogP contribution in [0.2, 0.25) is 0 Å². The predicted octanol–water partition coefficient (Wildman–Crippen LogP) is 9.33. The van der Waals surface area contributed by atoms with E-state index in [2.05, 4.69) is 47.2 Å². The van der Waals surface area contributed by atoms with Crippen LogP contribution in [0.5, 0.6) is 0 Å². The standard InChI is InChI=1S/C40H74O14P2/c1-3-5-7-9-11-12-13-14-15-16-17-21-26-30-40(43)53-36(34-52-56(47,48)51-32-35(41)31-50-55(44,45)46)33-49-39(42)29-25-22-18-20-24-28-38-37(54-38)27-23-19-10-8-6-4-2/h12-13,19,23,35-38,41H,3-11,14-18,20-22,24-34H2,1-2H3,(H,47,48)(H2,44,45,46)/b13-12-,23-19-/t35-,36+,37?,38?/m0/s1. The highest BCUT2D eigenvalue weighted by molar-refractivity contribution is 7.47. The maximum absolute atomic E-state index is 12.6. The largest absolute Gasteiger partial charge is 0.472 e. The van der Waals surface area contributed by atoms with Crippen molar-refractivity contribution in [1.29, 1.82) is 0 Å². The van der Waals surface area contributed by atoms with Crippen LogP contribution in [0.1, 0.15) is 168 Å². The molecule has 1 heterocycles. The van der Waals surface area contributed by atoms with Gasteiger partial charge in [-0.2, -0.15) is 0 Å². The Kier molecular flexibility index (Phi) is 31.4. The summed E-state index contributed by atoms with van der Waals surface area (Å²) in [5, 5.41) is 9.73. The number of aliphatic hydroxyl groups excluding tert-OH is 1. The Morgan fingerprint density at radius 1 is 0.607 bits per heavy atom. The van der Waals surface area contributed by atoms with Gasteiger partial charge in [0.2, 0.25) is 0 Å². The van der Waals surface area contributed by atoms with Crippen molar-refractivity contribution in [3.63, 3.8) is 0 Å². The lowest BCUT2D eigenvalue weighted by Crippen LogP contribution is -2.30. The molecule has 0 radical (unpaired) electrons. The summed E-state index contributed by atoms with van der Waals surface area (Å²) in [5.74, 6) is -1.06. The molecule has 0 aromatic heterocycles. The molecule has 0 bridgehead atoms. The minimum Gasteiger partial charge on any atom is -0.462 e. The van der Waals surface area contributed by atoms with E-state index in [1.807, 2.05) is 0 Å². The number of phosphoric acid groups is 2. The lowest BCUT2D eigenvalue weighted by molar-refractivity contribution is -0.161. The van der Waals surface area contributed by atoms with Gasteiger partial charge in [-0.3, -0.25) is 23.2 Å². The number of hydrogen-bond acceptors (Lipinski definition) is 11. The van der Waals surface area contributed by atoms with Crippen LogP contribution in [0.15, 0.2) is 24.3 Å². The highest BCUT2D eigenvalue weighted by Gasteiger charge is 2.36. The average molecular weight is 841 g/mol. The van der Waals surface area contributed by atoms with Crippen molar-refractivity contribution in [3.8, 4) is 0 Å². The first-order valence-corrected chi connectivity index (χ1v) is 24.2.